The molecule has 2 amide bonds. The molecule has 10 heteroatoms. The van der Waals surface area contributed by atoms with E-state index in [-0.39, 0.29) is 17.7 Å². The van der Waals surface area contributed by atoms with E-state index in [1.165, 1.54) is 17.4 Å². The van der Waals surface area contributed by atoms with Crippen LogP contribution in [0, 0.1) is 17.6 Å². The average Bonchev–Trinajstić information content (AvgIpc) is 3.51. The number of carbonyl (C=O) groups is 2. The quantitative estimate of drug-likeness (QED) is 0.540. The number of nitrogens with zero attached hydrogens (tertiary/aromatic N) is 2. The van der Waals surface area contributed by atoms with Crippen LogP contribution in [0.5, 0.6) is 0 Å². The Hall–Kier alpha value is -3.11. The van der Waals surface area contributed by atoms with E-state index in [4.69, 9.17) is 4.42 Å². The minimum absolute atomic E-state index is 0.00398. The Morgan fingerprint density at radius 3 is 2.73 bits per heavy atom. The standard InChI is InChI=1S/C23H24F2N4O3S/c1-14(29-8-6-15(7-9-29)22(31)26-12-17-3-2-10-32-17)21(30)28-23-27-20(13-33-23)16-4-5-18(24)19(25)11-16/h2-5,10-11,13-15H,6-9,12H2,1H3,(H,26,31)(H,27,28,30). The Morgan fingerprint density at radius 2 is 2.03 bits per heavy atom. The highest BCUT2D eigenvalue weighted by Gasteiger charge is 2.30. The van der Waals surface area contributed by atoms with Crippen LogP contribution in [0.15, 0.2) is 46.4 Å². The summed E-state index contributed by atoms with van der Waals surface area (Å²) < 4.78 is 31.8. The van der Waals surface area contributed by atoms with Crippen LogP contribution in [0.2, 0.25) is 0 Å². The molecule has 1 aromatic carbocycles. The summed E-state index contributed by atoms with van der Waals surface area (Å²) in [6, 6.07) is 6.76. The summed E-state index contributed by atoms with van der Waals surface area (Å²) in [7, 11) is 0. The normalized spacial score (nSPS) is 15.8. The van der Waals surface area contributed by atoms with Gasteiger partial charge in [-0.05, 0) is 63.2 Å². The summed E-state index contributed by atoms with van der Waals surface area (Å²) in [4.78, 5) is 31.5. The van der Waals surface area contributed by atoms with Crippen molar-refractivity contribution in [2.24, 2.45) is 5.92 Å². The third-order valence-corrected chi connectivity index (χ3v) is 6.55. The molecule has 0 bridgehead atoms. The highest BCUT2D eigenvalue weighted by atomic mass is 32.1. The lowest BCUT2D eigenvalue weighted by Crippen LogP contribution is -2.48. The number of piperidine rings is 1. The number of rotatable bonds is 7. The largest absolute Gasteiger partial charge is 0.467 e. The Kier molecular flexibility index (Phi) is 7.14. The van der Waals surface area contributed by atoms with Gasteiger partial charge in [0.25, 0.3) is 0 Å². The molecular weight excluding hydrogens is 450 g/mol. The zero-order valence-electron chi connectivity index (χ0n) is 18.0. The number of anilines is 1. The molecule has 3 heterocycles. The lowest BCUT2D eigenvalue weighted by Gasteiger charge is -2.34. The van der Waals surface area contributed by atoms with Crippen LogP contribution < -0.4 is 10.6 Å². The molecule has 1 atom stereocenters. The van der Waals surface area contributed by atoms with Gasteiger partial charge in [0.05, 0.1) is 24.5 Å². The molecule has 0 spiro atoms. The van der Waals surface area contributed by atoms with E-state index in [1.54, 1.807) is 17.7 Å². The van der Waals surface area contributed by atoms with E-state index in [0.29, 0.717) is 54.6 Å². The number of aromatic nitrogens is 1. The van der Waals surface area contributed by atoms with Crippen molar-refractivity contribution in [3.63, 3.8) is 0 Å². The first-order chi connectivity index (χ1) is 15.9. The number of nitrogens with one attached hydrogen (secondary N) is 2. The molecule has 0 radical (unpaired) electrons. The number of furan rings is 1. The Balaban J connectivity index is 1.26. The molecule has 7 nitrogen and oxygen atoms in total. The Labute approximate surface area is 193 Å². The van der Waals surface area contributed by atoms with E-state index < -0.39 is 17.7 Å². The number of thiazole rings is 1. The van der Waals surface area contributed by atoms with Crippen molar-refractivity contribution in [2.45, 2.75) is 32.4 Å². The molecule has 174 valence electrons. The lowest BCUT2D eigenvalue weighted by atomic mass is 9.95. The third kappa shape index (κ3) is 5.63. The van der Waals surface area contributed by atoms with E-state index in [9.17, 15) is 18.4 Å². The molecule has 2 N–H and O–H groups in total. The van der Waals surface area contributed by atoms with Gasteiger partial charge in [0.1, 0.15) is 5.76 Å². The van der Waals surface area contributed by atoms with Gasteiger partial charge in [0.2, 0.25) is 11.8 Å². The Bertz CT molecular complexity index is 1110. The monoisotopic (exact) mass is 474 g/mol. The number of carbonyl (C=O) groups excluding carboxylic acids is 2. The van der Waals surface area contributed by atoms with Crippen molar-refractivity contribution in [3.05, 3.63) is 59.4 Å². The molecule has 3 aromatic rings. The second kappa shape index (κ2) is 10.2. The fraction of sp³-hybridized carbons (Fsp3) is 0.348. The van der Waals surface area contributed by atoms with Crippen molar-refractivity contribution in [2.75, 3.05) is 18.4 Å². The summed E-state index contributed by atoms with van der Waals surface area (Å²) in [5.74, 6) is -1.46. The van der Waals surface area contributed by atoms with Gasteiger partial charge in [-0.15, -0.1) is 11.3 Å². The molecule has 1 aliphatic rings. The first kappa shape index (κ1) is 23.1. The highest BCUT2D eigenvalue weighted by molar-refractivity contribution is 7.14. The van der Waals surface area contributed by atoms with Crippen LogP contribution in [0.25, 0.3) is 11.3 Å². The fourth-order valence-electron chi connectivity index (χ4n) is 3.78. The number of amides is 2. The summed E-state index contributed by atoms with van der Waals surface area (Å²) in [5.41, 5.74) is 0.898. The maximum Gasteiger partial charge on any atom is 0.243 e. The predicted octanol–water partition coefficient (Wildman–Crippen LogP) is 4.04. The summed E-state index contributed by atoms with van der Waals surface area (Å²) in [6.07, 6.45) is 2.90. The zero-order chi connectivity index (χ0) is 23.4. The van der Waals surface area contributed by atoms with Gasteiger partial charge in [-0.2, -0.15) is 0 Å². The molecule has 0 saturated carbocycles. The van der Waals surface area contributed by atoms with Gasteiger partial charge in [-0.3, -0.25) is 14.5 Å². The second-order valence-electron chi connectivity index (χ2n) is 7.94. The average molecular weight is 475 g/mol. The van der Waals surface area contributed by atoms with Gasteiger partial charge in [0, 0.05) is 16.9 Å². The number of hydrogen-bond donors (Lipinski definition) is 2. The predicted molar refractivity (Wildman–Crippen MR) is 120 cm³/mol. The smallest absolute Gasteiger partial charge is 0.243 e. The Morgan fingerprint density at radius 1 is 1.24 bits per heavy atom. The topological polar surface area (TPSA) is 87.5 Å². The van der Waals surface area contributed by atoms with Crippen molar-refractivity contribution >= 4 is 28.3 Å². The molecule has 4 rings (SSSR count). The number of halogens is 2. The van der Waals surface area contributed by atoms with E-state index in [0.717, 1.165) is 12.1 Å². The van der Waals surface area contributed by atoms with E-state index >= 15 is 0 Å². The van der Waals surface area contributed by atoms with Crippen LogP contribution in [-0.4, -0.2) is 40.8 Å². The van der Waals surface area contributed by atoms with Crippen molar-refractivity contribution in [3.8, 4) is 11.3 Å². The molecule has 1 aliphatic heterocycles. The summed E-state index contributed by atoms with van der Waals surface area (Å²) in [5, 5.41) is 7.76. The minimum Gasteiger partial charge on any atom is -0.467 e. The van der Waals surface area contributed by atoms with E-state index in [2.05, 4.69) is 15.6 Å². The van der Waals surface area contributed by atoms with Crippen LogP contribution in [0.1, 0.15) is 25.5 Å². The first-order valence-corrected chi connectivity index (χ1v) is 11.5. The molecule has 1 fully saturated rings. The maximum absolute atomic E-state index is 13.5. The molecule has 33 heavy (non-hydrogen) atoms. The molecule has 1 saturated heterocycles. The van der Waals surface area contributed by atoms with E-state index in [1.807, 2.05) is 17.9 Å². The molecular formula is C23H24F2N4O3S. The van der Waals surface area contributed by atoms with Gasteiger partial charge in [-0.1, -0.05) is 0 Å². The molecule has 2 aromatic heterocycles. The van der Waals surface area contributed by atoms with Gasteiger partial charge < -0.3 is 15.1 Å². The van der Waals surface area contributed by atoms with Gasteiger partial charge >= 0.3 is 0 Å². The maximum atomic E-state index is 13.5. The third-order valence-electron chi connectivity index (χ3n) is 5.79. The number of likely N-dealkylation sites (tertiary alicyclic amines) is 1. The fourth-order valence-corrected chi connectivity index (χ4v) is 4.50. The van der Waals surface area contributed by atoms with Crippen molar-refractivity contribution in [1.82, 2.24) is 15.2 Å². The molecule has 1 unspecified atom stereocenters. The second-order valence-corrected chi connectivity index (χ2v) is 8.80. The summed E-state index contributed by atoms with van der Waals surface area (Å²) in [6.45, 7) is 3.44. The minimum atomic E-state index is -0.947. The van der Waals surface area contributed by atoms with Gasteiger partial charge in [-0.25, -0.2) is 13.8 Å². The van der Waals surface area contributed by atoms with Gasteiger partial charge in [0.15, 0.2) is 16.8 Å². The SMILES string of the molecule is CC(C(=O)Nc1nc(-c2ccc(F)c(F)c2)cs1)N1CCC(C(=O)NCc2ccco2)CC1. The first-order valence-electron chi connectivity index (χ1n) is 10.7. The van der Waals surface area contributed by atoms with Crippen LogP contribution in [0.4, 0.5) is 13.9 Å². The lowest BCUT2D eigenvalue weighted by molar-refractivity contribution is -0.127. The van der Waals surface area contributed by atoms with Crippen LogP contribution in [0.3, 0.4) is 0 Å². The van der Waals surface area contributed by atoms with Crippen molar-refractivity contribution in [1.29, 1.82) is 0 Å². The van der Waals surface area contributed by atoms with Crippen LogP contribution >= 0.6 is 11.3 Å². The van der Waals surface area contributed by atoms with Crippen LogP contribution in [-0.2, 0) is 16.1 Å². The summed E-state index contributed by atoms with van der Waals surface area (Å²) >= 11 is 1.22. The molecule has 0 aliphatic carbocycles. The zero-order valence-corrected chi connectivity index (χ0v) is 18.8. The highest BCUT2D eigenvalue weighted by Crippen LogP contribution is 2.27. The van der Waals surface area contributed by atoms with Crippen molar-refractivity contribution < 1.29 is 22.8 Å². The number of benzene rings is 1. The number of hydrogen-bond acceptors (Lipinski definition) is 6.